The maximum absolute atomic E-state index is 12.2. The SMILES string of the molecule is CC(C)C(C)C(=O)c1ccc2c(c1)CCC(=O)N2. The minimum atomic E-state index is 0.0289. The van der Waals surface area contributed by atoms with Gasteiger partial charge in [0.15, 0.2) is 5.78 Å². The van der Waals surface area contributed by atoms with Crippen LogP contribution in [0.15, 0.2) is 18.2 Å². The van der Waals surface area contributed by atoms with E-state index in [4.69, 9.17) is 0 Å². The minimum Gasteiger partial charge on any atom is -0.326 e. The van der Waals surface area contributed by atoms with Gasteiger partial charge in [-0.15, -0.1) is 0 Å². The van der Waals surface area contributed by atoms with E-state index < -0.39 is 0 Å². The van der Waals surface area contributed by atoms with Crippen molar-refractivity contribution in [2.24, 2.45) is 11.8 Å². The Morgan fingerprint density at radius 1 is 1.22 bits per heavy atom. The van der Waals surface area contributed by atoms with Crippen molar-refractivity contribution < 1.29 is 9.59 Å². The molecule has 0 bridgehead atoms. The summed E-state index contributed by atoms with van der Waals surface area (Å²) in [5.41, 5.74) is 2.67. The molecule has 96 valence electrons. The number of rotatable bonds is 3. The van der Waals surface area contributed by atoms with Crippen LogP contribution in [0.1, 0.15) is 43.1 Å². The fourth-order valence-corrected chi connectivity index (χ4v) is 2.10. The lowest BCUT2D eigenvalue weighted by Crippen LogP contribution is -2.21. The van der Waals surface area contributed by atoms with Gasteiger partial charge in [0.05, 0.1) is 0 Å². The lowest BCUT2D eigenvalue weighted by molar-refractivity contribution is -0.116. The predicted octanol–water partition coefficient (Wildman–Crippen LogP) is 3.05. The lowest BCUT2D eigenvalue weighted by atomic mass is 9.88. The topological polar surface area (TPSA) is 46.2 Å². The molecule has 1 N–H and O–H groups in total. The maximum atomic E-state index is 12.2. The summed E-state index contributed by atoms with van der Waals surface area (Å²) in [6.07, 6.45) is 1.22. The van der Waals surface area contributed by atoms with Crippen LogP contribution in [0.3, 0.4) is 0 Å². The van der Waals surface area contributed by atoms with E-state index in [1.54, 1.807) is 0 Å². The van der Waals surface area contributed by atoms with Crippen LogP contribution in [-0.2, 0) is 11.2 Å². The molecule has 1 unspecified atom stereocenters. The Kier molecular flexibility index (Phi) is 3.50. The Labute approximate surface area is 108 Å². The fourth-order valence-electron chi connectivity index (χ4n) is 2.10. The molecule has 1 heterocycles. The Balaban J connectivity index is 2.26. The molecule has 0 aliphatic carbocycles. The summed E-state index contributed by atoms with van der Waals surface area (Å²) in [6.45, 7) is 6.08. The van der Waals surface area contributed by atoms with E-state index in [0.717, 1.165) is 23.2 Å². The van der Waals surface area contributed by atoms with E-state index in [2.05, 4.69) is 19.2 Å². The molecular weight excluding hydrogens is 226 g/mol. The number of hydrogen-bond donors (Lipinski definition) is 1. The lowest BCUT2D eigenvalue weighted by Gasteiger charge is -2.19. The van der Waals surface area contributed by atoms with Gasteiger partial charge >= 0.3 is 0 Å². The molecule has 1 aliphatic heterocycles. The first-order valence-corrected chi connectivity index (χ1v) is 6.46. The number of benzene rings is 1. The average Bonchev–Trinajstić information content (AvgIpc) is 2.36. The van der Waals surface area contributed by atoms with E-state index in [1.165, 1.54) is 0 Å². The molecular formula is C15H19NO2. The van der Waals surface area contributed by atoms with Crippen molar-refractivity contribution in [3.63, 3.8) is 0 Å². The van der Waals surface area contributed by atoms with Crippen molar-refractivity contribution in [3.05, 3.63) is 29.3 Å². The van der Waals surface area contributed by atoms with Crippen LogP contribution >= 0.6 is 0 Å². The number of anilines is 1. The molecule has 3 nitrogen and oxygen atoms in total. The highest BCUT2D eigenvalue weighted by molar-refractivity contribution is 6.00. The highest BCUT2D eigenvalue weighted by atomic mass is 16.1. The summed E-state index contributed by atoms with van der Waals surface area (Å²) in [4.78, 5) is 23.5. The summed E-state index contributed by atoms with van der Waals surface area (Å²) in [6, 6.07) is 5.58. The van der Waals surface area contributed by atoms with Crippen LogP contribution < -0.4 is 5.32 Å². The van der Waals surface area contributed by atoms with Gasteiger partial charge in [0, 0.05) is 23.6 Å². The van der Waals surface area contributed by atoms with Crippen LogP contribution in [0.5, 0.6) is 0 Å². The molecule has 0 spiro atoms. The van der Waals surface area contributed by atoms with Crippen LogP contribution in [0, 0.1) is 11.8 Å². The number of amides is 1. The van der Waals surface area contributed by atoms with Crippen molar-refractivity contribution in [2.45, 2.75) is 33.6 Å². The van der Waals surface area contributed by atoms with E-state index in [9.17, 15) is 9.59 Å². The third-order valence-corrected chi connectivity index (χ3v) is 3.70. The predicted molar refractivity (Wildman–Crippen MR) is 71.7 cm³/mol. The van der Waals surface area contributed by atoms with Gasteiger partial charge in [-0.1, -0.05) is 20.8 Å². The first-order valence-electron chi connectivity index (χ1n) is 6.46. The molecule has 2 rings (SSSR count). The normalized spacial score (nSPS) is 16.1. The number of carbonyl (C=O) groups is 2. The van der Waals surface area contributed by atoms with Gasteiger partial charge in [0.1, 0.15) is 0 Å². The second-order valence-corrected chi connectivity index (χ2v) is 5.32. The highest BCUT2D eigenvalue weighted by Gasteiger charge is 2.21. The third-order valence-electron chi connectivity index (χ3n) is 3.70. The summed E-state index contributed by atoms with van der Waals surface area (Å²) in [7, 11) is 0. The van der Waals surface area contributed by atoms with Crippen molar-refractivity contribution >= 4 is 17.4 Å². The number of Topliss-reactive ketones (excluding diaryl/α,β-unsaturated/α-hetero) is 1. The third kappa shape index (κ3) is 2.45. The fraction of sp³-hybridized carbons (Fsp3) is 0.467. The zero-order valence-electron chi connectivity index (χ0n) is 11.1. The van der Waals surface area contributed by atoms with Gasteiger partial charge in [-0.25, -0.2) is 0 Å². The molecule has 3 heteroatoms. The van der Waals surface area contributed by atoms with E-state index in [-0.39, 0.29) is 17.6 Å². The van der Waals surface area contributed by atoms with Crippen LogP contribution in [0.4, 0.5) is 5.69 Å². The molecule has 18 heavy (non-hydrogen) atoms. The van der Waals surface area contributed by atoms with Gasteiger partial charge in [-0.3, -0.25) is 9.59 Å². The number of carbonyl (C=O) groups excluding carboxylic acids is 2. The Bertz CT molecular complexity index is 491. The van der Waals surface area contributed by atoms with Crippen molar-refractivity contribution in [1.82, 2.24) is 0 Å². The average molecular weight is 245 g/mol. The van der Waals surface area contributed by atoms with Crippen LogP contribution in [0.2, 0.25) is 0 Å². The number of nitrogens with one attached hydrogen (secondary N) is 1. The number of hydrogen-bond acceptors (Lipinski definition) is 2. The largest absolute Gasteiger partial charge is 0.326 e. The molecule has 0 aromatic heterocycles. The summed E-state index contributed by atoms with van der Waals surface area (Å²) >= 11 is 0. The van der Waals surface area contributed by atoms with Gasteiger partial charge in [0.2, 0.25) is 5.91 Å². The van der Waals surface area contributed by atoms with Crippen molar-refractivity contribution in [1.29, 1.82) is 0 Å². The standard InChI is InChI=1S/C15H19NO2/c1-9(2)10(3)15(18)12-4-6-13-11(8-12)5-7-14(17)16-13/h4,6,8-10H,5,7H2,1-3H3,(H,16,17). The summed E-state index contributed by atoms with van der Waals surface area (Å²) < 4.78 is 0. The molecule has 0 saturated heterocycles. The molecule has 1 atom stereocenters. The monoisotopic (exact) mass is 245 g/mol. The number of ketones is 1. The second-order valence-electron chi connectivity index (χ2n) is 5.32. The summed E-state index contributed by atoms with van der Waals surface area (Å²) in [5.74, 6) is 0.608. The first kappa shape index (κ1) is 12.8. The molecule has 0 saturated carbocycles. The summed E-state index contributed by atoms with van der Waals surface area (Å²) in [5, 5.41) is 2.83. The first-order chi connectivity index (χ1) is 8.49. The Morgan fingerprint density at radius 2 is 1.94 bits per heavy atom. The van der Waals surface area contributed by atoms with Gasteiger partial charge < -0.3 is 5.32 Å². The quantitative estimate of drug-likeness (QED) is 0.832. The zero-order chi connectivity index (χ0) is 13.3. The van der Waals surface area contributed by atoms with Gasteiger partial charge in [-0.05, 0) is 36.1 Å². The van der Waals surface area contributed by atoms with E-state index >= 15 is 0 Å². The van der Waals surface area contributed by atoms with Crippen LogP contribution in [0.25, 0.3) is 0 Å². The van der Waals surface area contributed by atoms with E-state index in [0.29, 0.717) is 12.3 Å². The Morgan fingerprint density at radius 3 is 2.61 bits per heavy atom. The maximum Gasteiger partial charge on any atom is 0.224 e. The molecule has 1 aromatic rings. The highest BCUT2D eigenvalue weighted by Crippen LogP contribution is 2.25. The molecule has 1 aliphatic rings. The molecule has 0 radical (unpaired) electrons. The van der Waals surface area contributed by atoms with Crippen molar-refractivity contribution in [3.8, 4) is 0 Å². The van der Waals surface area contributed by atoms with Crippen molar-refractivity contribution in [2.75, 3.05) is 5.32 Å². The van der Waals surface area contributed by atoms with Gasteiger partial charge in [0.25, 0.3) is 0 Å². The molecule has 1 amide bonds. The minimum absolute atomic E-state index is 0.0289. The second kappa shape index (κ2) is 4.92. The van der Waals surface area contributed by atoms with Gasteiger partial charge in [-0.2, -0.15) is 0 Å². The molecule has 0 fully saturated rings. The Hall–Kier alpha value is -1.64. The van der Waals surface area contributed by atoms with E-state index in [1.807, 2.05) is 25.1 Å². The van der Waals surface area contributed by atoms with Crippen LogP contribution in [-0.4, -0.2) is 11.7 Å². The smallest absolute Gasteiger partial charge is 0.224 e. The zero-order valence-corrected chi connectivity index (χ0v) is 11.1. The molecule has 1 aromatic carbocycles. The number of aryl methyl sites for hydroxylation is 1. The number of fused-ring (bicyclic) bond motifs is 1.